The van der Waals surface area contributed by atoms with Gasteiger partial charge in [-0.2, -0.15) is 12.6 Å². The Kier molecular flexibility index (Phi) is 2.86. The van der Waals surface area contributed by atoms with Gasteiger partial charge < -0.3 is 5.32 Å². The van der Waals surface area contributed by atoms with Crippen LogP contribution in [-0.4, -0.2) is 18.3 Å². The van der Waals surface area contributed by atoms with Crippen molar-refractivity contribution in [1.29, 1.82) is 0 Å². The molecule has 0 bridgehead atoms. The van der Waals surface area contributed by atoms with E-state index in [9.17, 15) is 0 Å². The molecule has 0 saturated carbocycles. The average Bonchev–Trinajstić information content (AvgIpc) is 2.37. The maximum atomic E-state index is 4.25. The molecule has 0 radical (unpaired) electrons. The normalized spacial score (nSPS) is 30.7. The van der Waals surface area contributed by atoms with Gasteiger partial charge in [-0.15, -0.1) is 0 Å². The molecule has 1 aliphatic heterocycles. The van der Waals surface area contributed by atoms with Gasteiger partial charge >= 0.3 is 0 Å². The fourth-order valence-electron chi connectivity index (χ4n) is 1.32. The third-order valence-corrected chi connectivity index (χ3v) is 2.65. The van der Waals surface area contributed by atoms with Crippen LogP contribution in [0.3, 0.4) is 0 Å². The molecule has 2 unspecified atom stereocenters. The molecule has 2 heteroatoms. The van der Waals surface area contributed by atoms with Crippen molar-refractivity contribution in [2.75, 3.05) is 12.3 Å². The van der Waals surface area contributed by atoms with Crippen LogP contribution in [0.5, 0.6) is 0 Å². The van der Waals surface area contributed by atoms with Gasteiger partial charge in [-0.25, -0.2) is 0 Å². The molecule has 1 fully saturated rings. The van der Waals surface area contributed by atoms with Gasteiger partial charge in [0.2, 0.25) is 0 Å². The van der Waals surface area contributed by atoms with E-state index in [1.807, 2.05) is 0 Å². The molecule has 0 aromatic rings. The first-order valence-electron chi connectivity index (χ1n) is 3.69. The lowest BCUT2D eigenvalue weighted by Gasteiger charge is -2.16. The number of nitrogens with one attached hydrogen (secondary N) is 1. The summed E-state index contributed by atoms with van der Waals surface area (Å²) >= 11 is 4.25. The number of rotatable bonds is 2. The van der Waals surface area contributed by atoms with Gasteiger partial charge in [-0.3, -0.25) is 0 Å². The van der Waals surface area contributed by atoms with Crippen molar-refractivity contribution in [3.8, 4) is 0 Å². The summed E-state index contributed by atoms with van der Waals surface area (Å²) in [5, 5.41) is 3.46. The van der Waals surface area contributed by atoms with Gasteiger partial charge in [0, 0.05) is 6.04 Å². The molecule has 2 atom stereocenters. The van der Waals surface area contributed by atoms with E-state index in [1.54, 1.807) is 0 Å². The summed E-state index contributed by atoms with van der Waals surface area (Å²) < 4.78 is 0. The fourth-order valence-corrected chi connectivity index (χ4v) is 1.58. The Morgan fingerprint density at radius 3 is 3.00 bits per heavy atom. The quantitative estimate of drug-likeness (QED) is 0.558. The zero-order chi connectivity index (χ0) is 6.69. The van der Waals surface area contributed by atoms with E-state index in [0.29, 0.717) is 0 Å². The van der Waals surface area contributed by atoms with Gasteiger partial charge in [0.15, 0.2) is 0 Å². The smallest absolute Gasteiger partial charge is 0.0101 e. The van der Waals surface area contributed by atoms with E-state index >= 15 is 0 Å². The van der Waals surface area contributed by atoms with Crippen LogP contribution in [0.2, 0.25) is 0 Å². The Balaban J connectivity index is 2.24. The summed E-state index contributed by atoms with van der Waals surface area (Å²) in [6.07, 6.45) is 2.70. The van der Waals surface area contributed by atoms with Gasteiger partial charge in [0.25, 0.3) is 0 Å². The Bertz CT molecular complexity index is 79.0. The second-order valence-corrected chi connectivity index (χ2v) is 3.23. The van der Waals surface area contributed by atoms with Gasteiger partial charge in [0.05, 0.1) is 0 Å². The van der Waals surface area contributed by atoms with Crippen molar-refractivity contribution < 1.29 is 0 Å². The zero-order valence-corrected chi connectivity index (χ0v) is 6.82. The first-order chi connectivity index (χ1) is 4.34. The van der Waals surface area contributed by atoms with Crippen LogP contribution in [0.25, 0.3) is 0 Å². The summed E-state index contributed by atoms with van der Waals surface area (Å²) in [6, 6.07) is 0.752. The lowest BCUT2D eigenvalue weighted by molar-refractivity contribution is 0.459. The highest BCUT2D eigenvalue weighted by atomic mass is 32.1. The maximum Gasteiger partial charge on any atom is 0.0101 e. The standard InChI is InChI=1S/C7H15NS/c1-6(5-9)7-3-2-4-8-7/h6-9H,2-5H2,1H3. The predicted molar refractivity (Wildman–Crippen MR) is 44.0 cm³/mol. The Morgan fingerprint density at radius 2 is 2.56 bits per heavy atom. The van der Waals surface area contributed by atoms with E-state index in [4.69, 9.17) is 0 Å². The van der Waals surface area contributed by atoms with Crippen molar-refractivity contribution in [1.82, 2.24) is 5.32 Å². The van der Waals surface area contributed by atoms with Gasteiger partial charge in [0.1, 0.15) is 0 Å². The van der Waals surface area contributed by atoms with Crippen LogP contribution < -0.4 is 5.32 Å². The molecule has 1 saturated heterocycles. The minimum atomic E-state index is 0.746. The fraction of sp³-hybridized carbons (Fsp3) is 1.00. The maximum absolute atomic E-state index is 4.25. The molecule has 1 heterocycles. The second kappa shape index (κ2) is 3.47. The third-order valence-electron chi connectivity index (χ3n) is 2.07. The van der Waals surface area contributed by atoms with Crippen LogP contribution in [0, 0.1) is 5.92 Å². The molecule has 0 aromatic heterocycles. The Hall–Kier alpha value is 0.310. The van der Waals surface area contributed by atoms with Crippen molar-refractivity contribution in [2.45, 2.75) is 25.8 Å². The number of thiol groups is 1. The van der Waals surface area contributed by atoms with Gasteiger partial charge in [-0.1, -0.05) is 6.92 Å². The molecule has 1 aliphatic rings. The van der Waals surface area contributed by atoms with E-state index in [0.717, 1.165) is 17.7 Å². The van der Waals surface area contributed by atoms with Crippen LogP contribution in [0.15, 0.2) is 0 Å². The molecule has 1 nitrogen and oxygen atoms in total. The van der Waals surface area contributed by atoms with E-state index in [1.165, 1.54) is 19.4 Å². The zero-order valence-electron chi connectivity index (χ0n) is 5.93. The van der Waals surface area contributed by atoms with E-state index in [2.05, 4.69) is 24.9 Å². The molecule has 1 N–H and O–H groups in total. The summed E-state index contributed by atoms with van der Waals surface area (Å²) in [7, 11) is 0. The minimum absolute atomic E-state index is 0.746. The monoisotopic (exact) mass is 145 g/mol. The highest BCUT2D eigenvalue weighted by Crippen LogP contribution is 2.14. The Morgan fingerprint density at radius 1 is 1.78 bits per heavy atom. The van der Waals surface area contributed by atoms with E-state index < -0.39 is 0 Å². The minimum Gasteiger partial charge on any atom is -0.314 e. The van der Waals surface area contributed by atoms with Crippen LogP contribution in [-0.2, 0) is 0 Å². The first-order valence-corrected chi connectivity index (χ1v) is 4.32. The molecule has 9 heavy (non-hydrogen) atoms. The Labute approximate surface area is 62.6 Å². The summed E-state index contributed by atoms with van der Waals surface area (Å²) in [4.78, 5) is 0. The van der Waals surface area contributed by atoms with E-state index in [-0.39, 0.29) is 0 Å². The number of hydrogen-bond donors (Lipinski definition) is 2. The van der Waals surface area contributed by atoms with Crippen molar-refractivity contribution in [3.05, 3.63) is 0 Å². The first kappa shape index (κ1) is 7.42. The van der Waals surface area contributed by atoms with Crippen LogP contribution in [0.1, 0.15) is 19.8 Å². The number of hydrogen-bond acceptors (Lipinski definition) is 2. The molecule has 1 rings (SSSR count). The lowest BCUT2D eigenvalue weighted by atomic mass is 10.0. The molecular weight excluding hydrogens is 130 g/mol. The van der Waals surface area contributed by atoms with Crippen molar-refractivity contribution >= 4 is 12.6 Å². The molecule has 54 valence electrons. The van der Waals surface area contributed by atoms with Gasteiger partial charge in [-0.05, 0) is 31.1 Å². The lowest BCUT2D eigenvalue weighted by Crippen LogP contribution is -2.29. The highest BCUT2D eigenvalue weighted by molar-refractivity contribution is 7.80. The molecule has 0 aliphatic carbocycles. The molecule has 0 spiro atoms. The average molecular weight is 145 g/mol. The van der Waals surface area contributed by atoms with Crippen LogP contribution >= 0.6 is 12.6 Å². The third kappa shape index (κ3) is 1.87. The van der Waals surface area contributed by atoms with Crippen LogP contribution in [0.4, 0.5) is 0 Å². The summed E-state index contributed by atoms with van der Waals surface area (Å²) in [6.45, 7) is 3.47. The highest BCUT2D eigenvalue weighted by Gasteiger charge is 2.18. The van der Waals surface area contributed by atoms with Crippen molar-refractivity contribution in [2.24, 2.45) is 5.92 Å². The predicted octanol–water partition coefficient (Wildman–Crippen LogP) is 1.30. The largest absolute Gasteiger partial charge is 0.314 e. The molecule has 0 amide bonds. The molecular formula is C7H15NS. The second-order valence-electron chi connectivity index (χ2n) is 2.86. The topological polar surface area (TPSA) is 12.0 Å². The summed E-state index contributed by atoms with van der Waals surface area (Å²) in [5.74, 6) is 1.76. The SMILES string of the molecule is CC(CS)C1CCCN1. The summed E-state index contributed by atoms with van der Waals surface area (Å²) in [5.41, 5.74) is 0. The molecule has 0 aromatic carbocycles. The van der Waals surface area contributed by atoms with Crippen molar-refractivity contribution in [3.63, 3.8) is 0 Å².